The van der Waals surface area contributed by atoms with Crippen molar-refractivity contribution >= 4 is 28.4 Å². The Bertz CT molecular complexity index is 363. The highest BCUT2D eigenvalue weighted by Gasteiger charge is 2.13. The molecule has 14 heavy (non-hydrogen) atoms. The average molecular weight is 307 g/mol. The summed E-state index contributed by atoms with van der Waals surface area (Å²) in [5.41, 5.74) is -0.0780. The Morgan fingerprint density at radius 3 is 2.93 bits per heavy atom. The van der Waals surface area contributed by atoms with Gasteiger partial charge in [0.1, 0.15) is 9.39 Å². The van der Waals surface area contributed by atoms with Gasteiger partial charge in [0, 0.05) is 13.1 Å². The second-order valence-corrected chi connectivity index (χ2v) is 4.32. The highest BCUT2D eigenvalue weighted by Crippen LogP contribution is 2.16. The van der Waals surface area contributed by atoms with Crippen LogP contribution in [0, 0.1) is 3.57 Å². The van der Waals surface area contributed by atoms with Crippen molar-refractivity contribution < 1.29 is 0 Å². The molecule has 1 heterocycles. The fraction of sp³-hybridized carbons (Fsp3) is 0.556. The van der Waals surface area contributed by atoms with Crippen LogP contribution >= 0.6 is 22.6 Å². The molecule has 0 aliphatic carbocycles. The molecule has 5 heteroatoms. The van der Waals surface area contributed by atoms with Crippen LogP contribution in [-0.4, -0.2) is 23.1 Å². The molecule has 1 N–H and O–H groups in total. The van der Waals surface area contributed by atoms with Crippen LogP contribution in [-0.2, 0) is 0 Å². The summed E-state index contributed by atoms with van der Waals surface area (Å²) in [4.78, 5) is 20.1. The van der Waals surface area contributed by atoms with Crippen LogP contribution in [0.25, 0.3) is 0 Å². The van der Waals surface area contributed by atoms with E-state index in [4.69, 9.17) is 0 Å². The second-order valence-electron chi connectivity index (χ2n) is 3.24. The lowest BCUT2D eigenvalue weighted by Gasteiger charge is -2.25. The zero-order chi connectivity index (χ0) is 10.7. The van der Waals surface area contributed by atoms with E-state index in [-0.39, 0.29) is 5.56 Å². The first-order valence-corrected chi connectivity index (χ1v) is 5.61. The molecule has 4 nitrogen and oxygen atoms in total. The van der Waals surface area contributed by atoms with Crippen molar-refractivity contribution in [3.05, 3.63) is 20.3 Å². The van der Waals surface area contributed by atoms with E-state index in [0.29, 0.717) is 9.61 Å². The smallest absolute Gasteiger partial charge is 0.266 e. The van der Waals surface area contributed by atoms with Crippen molar-refractivity contribution in [1.82, 2.24) is 9.97 Å². The molecule has 0 radical (unpaired) electrons. The Hall–Kier alpha value is -0.590. The molecule has 0 saturated heterocycles. The molecule has 78 valence electrons. The Morgan fingerprint density at radius 1 is 1.71 bits per heavy atom. The molecule has 0 spiro atoms. The molecule has 0 aliphatic rings. The molecule has 1 atom stereocenters. The molecule has 0 bridgehead atoms. The third kappa shape index (κ3) is 2.26. The lowest BCUT2D eigenvalue weighted by atomic mass is 10.2. The summed E-state index contributed by atoms with van der Waals surface area (Å²) in [6, 6.07) is 0.387. The van der Waals surface area contributed by atoms with Gasteiger partial charge < -0.3 is 9.88 Å². The van der Waals surface area contributed by atoms with Gasteiger partial charge in [0.2, 0.25) is 0 Å². The molecule has 1 aromatic rings. The van der Waals surface area contributed by atoms with Crippen molar-refractivity contribution in [2.45, 2.75) is 26.3 Å². The molecular formula is C9H14IN3O. The standard InChI is InChI=1S/C9H14IN3O/c1-4-6(2)13(3)8-7(10)9(14)12-5-11-8/h5-6H,4H2,1-3H3,(H,11,12,14). The van der Waals surface area contributed by atoms with E-state index in [9.17, 15) is 4.79 Å². The van der Waals surface area contributed by atoms with E-state index in [1.807, 2.05) is 34.5 Å². The largest absolute Gasteiger partial charge is 0.356 e. The number of hydrogen-bond donors (Lipinski definition) is 1. The molecule has 0 fully saturated rings. The first kappa shape index (κ1) is 11.5. The van der Waals surface area contributed by atoms with E-state index >= 15 is 0 Å². The number of hydrogen-bond acceptors (Lipinski definition) is 3. The van der Waals surface area contributed by atoms with Crippen molar-refractivity contribution in [2.24, 2.45) is 0 Å². The molecule has 1 rings (SSSR count). The maximum absolute atomic E-state index is 11.3. The Morgan fingerprint density at radius 2 is 2.36 bits per heavy atom. The zero-order valence-corrected chi connectivity index (χ0v) is 10.7. The van der Waals surface area contributed by atoms with Gasteiger partial charge >= 0.3 is 0 Å². The normalized spacial score (nSPS) is 12.6. The summed E-state index contributed by atoms with van der Waals surface area (Å²) in [6.07, 6.45) is 2.47. The summed E-state index contributed by atoms with van der Waals surface area (Å²) in [6.45, 7) is 4.22. The van der Waals surface area contributed by atoms with Crippen molar-refractivity contribution in [2.75, 3.05) is 11.9 Å². The number of nitrogens with one attached hydrogen (secondary N) is 1. The molecule has 0 amide bonds. The van der Waals surface area contributed by atoms with Crippen molar-refractivity contribution in [3.8, 4) is 0 Å². The maximum Gasteiger partial charge on any atom is 0.266 e. The second kappa shape index (κ2) is 4.77. The number of aromatic amines is 1. The van der Waals surface area contributed by atoms with Gasteiger partial charge in [-0.3, -0.25) is 4.79 Å². The van der Waals surface area contributed by atoms with Crippen LogP contribution < -0.4 is 10.5 Å². The van der Waals surface area contributed by atoms with Crippen LogP contribution in [0.2, 0.25) is 0 Å². The third-order valence-corrected chi connectivity index (χ3v) is 3.34. The summed E-state index contributed by atoms with van der Waals surface area (Å²) in [5, 5.41) is 0. The minimum absolute atomic E-state index is 0.0780. The summed E-state index contributed by atoms with van der Waals surface area (Å²) in [7, 11) is 1.96. The van der Waals surface area contributed by atoms with Crippen molar-refractivity contribution in [1.29, 1.82) is 0 Å². The highest BCUT2D eigenvalue weighted by atomic mass is 127. The molecule has 0 saturated carbocycles. The fourth-order valence-corrected chi connectivity index (χ4v) is 1.78. The van der Waals surface area contributed by atoms with E-state index in [1.54, 1.807) is 0 Å². The monoisotopic (exact) mass is 307 g/mol. The van der Waals surface area contributed by atoms with E-state index in [0.717, 1.165) is 12.2 Å². The summed E-state index contributed by atoms with van der Waals surface area (Å²) >= 11 is 2.02. The SMILES string of the molecule is CCC(C)N(C)c1nc[nH]c(=O)c1I. The van der Waals surface area contributed by atoms with Gasteiger partial charge in [-0.25, -0.2) is 4.98 Å². The highest BCUT2D eigenvalue weighted by molar-refractivity contribution is 14.1. The zero-order valence-electron chi connectivity index (χ0n) is 8.54. The number of H-pyrrole nitrogens is 1. The summed E-state index contributed by atoms with van der Waals surface area (Å²) in [5.74, 6) is 0.753. The van der Waals surface area contributed by atoms with Gasteiger partial charge in [0.15, 0.2) is 0 Å². The molecule has 0 aliphatic heterocycles. The minimum atomic E-state index is -0.0780. The summed E-state index contributed by atoms with van der Waals surface area (Å²) < 4.78 is 0.646. The number of aromatic nitrogens is 2. The molecule has 1 aromatic heterocycles. The Labute approximate surface area is 96.9 Å². The number of anilines is 1. The van der Waals surface area contributed by atoms with Gasteiger partial charge in [-0.1, -0.05) is 6.92 Å². The number of halogens is 1. The third-order valence-electron chi connectivity index (χ3n) is 2.36. The predicted octanol–water partition coefficient (Wildman–Crippen LogP) is 1.61. The first-order valence-electron chi connectivity index (χ1n) is 4.54. The lowest BCUT2D eigenvalue weighted by molar-refractivity contribution is 0.654. The minimum Gasteiger partial charge on any atom is -0.356 e. The van der Waals surface area contributed by atoms with Gasteiger partial charge in [-0.05, 0) is 35.9 Å². The average Bonchev–Trinajstić information content (AvgIpc) is 2.20. The quantitative estimate of drug-likeness (QED) is 0.863. The molecule has 0 aromatic carbocycles. The fourth-order valence-electron chi connectivity index (χ4n) is 1.10. The maximum atomic E-state index is 11.3. The van der Waals surface area contributed by atoms with E-state index in [1.165, 1.54) is 6.33 Å². The number of nitrogens with zero attached hydrogens (tertiary/aromatic N) is 2. The van der Waals surface area contributed by atoms with E-state index < -0.39 is 0 Å². The van der Waals surface area contributed by atoms with Gasteiger partial charge in [-0.2, -0.15) is 0 Å². The van der Waals surface area contributed by atoms with Crippen LogP contribution in [0.1, 0.15) is 20.3 Å². The molecule has 1 unspecified atom stereocenters. The van der Waals surface area contributed by atoms with Crippen molar-refractivity contribution in [3.63, 3.8) is 0 Å². The van der Waals surface area contributed by atoms with E-state index in [2.05, 4.69) is 23.8 Å². The Balaban J connectivity index is 3.07. The van der Waals surface area contributed by atoms with Crippen LogP contribution in [0.15, 0.2) is 11.1 Å². The predicted molar refractivity (Wildman–Crippen MR) is 65.7 cm³/mol. The Kier molecular flexibility index (Phi) is 3.91. The first-order chi connectivity index (χ1) is 6.57. The van der Waals surface area contributed by atoms with Gasteiger partial charge in [0.25, 0.3) is 5.56 Å². The van der Waals surface area contributed by atoms with Crippen LogP contribution in [0.5, 0.6) is 0 Å². The molecular weight excluding hydrogens is 293 g/mol. The van der Waals surface area contributed by atoms with Gasteiger partial charge in [0.05, 0.1) is 6.33 Å². The van der Waals surface area contributed by atoms with Crippen LogP contribution in [0.3, 0.4) is 0 Å². The topological polar surface area (TPSA) is 49.0 Å². The van der Waals surface area contributed by atoms with Crippen LogP contribution in [0.4, 0.5) is 5.82 Å². The lowest BCUT2D eigenvalue weighted by Crippen LogP contribution is -2.31. The van der Waals surface area contributed by atoms with Gasteiger partial charge in [-0.15, -0.1) is 0 Å². The number of rotatable bonds is 3.